The molecule has 0 fully saturated rings. The van der Waals surface area contributed by atoms with Gasteiger partial charge in [-0.2, -0.15) is 4.31 Å². The van der Waals surface area contributed by atoms with Crippen LogP contribution in [0.5, 0.6) is 0 Å². The third-order valence-electron chi connectivity index (χ3n) is 8.08. The van der Waals surface area contributed by atoms with Gasteiger partial charge in [-0.05, 0) is 68.5 Å². The number of benzene rings is 3. The van der Waals surface area contributed by atoms with Crippen molar-refractivity contribution in [2.75, 3.05) is 19.0 Å². The molecule has 11 heteroatoms. The molecule has 0 radical (unpaired) electrons. The molecule has 5 N–H and O–H groups in total. The number of anilines is 1. The quantitative estimate of drug-likeness (QED) is 0.208. The molecule has 1 aliphatic carbocycles. The Labute approximate surface area is 277 Å². The molecule has 0 aliphatic heterocycles. The zero-order valence-corrected chi connectivity index (χ0v) is 28.0. The number of aliphatic hydroxyl groups is 1. The van der Waals surface area contributed by atoms with Crippen LogP contribution in [0.4, 0.5) is 10.5 Å². The van der Waals surface area contributed by atoms with E-state index in [1.807, 2.05) is 73.7 Å². The lowest BCUT2D eigenvalue weighted by Crippen LogP contribution is -2.48. The Balaban J connectivity index is 1.61. The van der Waals surface area contributed by atoms with Gasteiger partial charge in [0.15, 0.2) is 0 Å². The molecule has 0 aromatic heterocycles. The number of nitrogens with zero attached hydrogens (tertiary/aromatic N) is 1. The number of ether oxygens (including phenoxy) is 1. The van der Waals surface area contributed by atoms with Crippen LogP contribution >= 0.6 is 0 Å². The first-order chi connectivity index (χ1) is 22.4. The molecule has 3 aromatic rings. The summed E-state index contributed by atoms with van der Waals surface area (Å²) in [7, 11) is -2.71. The molecule has 250 valence electrons. The lowest BCUT2D eigenvalue weighted by molar-refractivity contribution is -0.118. The van der Waals surface area contributed by atoms with E-state index in [9.17, 15) is 23.1 Å². The molecule has 2 amide bonds. The summed E-state index contributed by atoms with van der Waals surface area (Å²) < 4.78 is 33.8. The van der Waals surface area contributed by atoms with E-state index in [0.29, 0.717) is 17.7 Å². The highest BCUT2D eigenvalue weighted by Crippen LogP contribution is 2.30. The molecule has 4 rings (SSSR count). The third kappa shape index (κ3) is 8.95. The van der Waals surface area contributed by atoms with Crippen LogP contribution in [0.2, 0.25) is 0 Å². The summed E-state index contributed by atoms with van der Waals surface area (Å²) in [6.07, 6.45) is 4.62. The van der Waals surface area contributed by atoms with E-state index in [0.717, 1.165) is 11.1 Å². The molecule has 10 nitrogen and oxygen atoms in total. The monoisotopic (exact) mass is 660 g/mol. The fraction of sp³-hybridized carbons (Fsp3) is 0.333. The summed E-state index contributed by atoms with van der Waals surface area (Å²) in [5.74, 6) is -1.01. The second kappa shape index (κ2) is 15.5. The number of aliphatic hydroxyl groups excluding tert-OH is 1. The number of hydrogen-bond donors (Lipinski definition) is 4. The summed E-state index contributed by atoms with van der Waals surface area (Å²) >= 11 is 0. The first kappa shape index (κ1) is 35.6. The van der Waals surface area contributed by atoms with Crippen molar-refractivity contribution in [1.82, 2.24) is 9.62 Å². The highest BCUT2D eigenvalue weighted by Gasteiger charge is 2.36. The van der Waals surface area contributed by atoms with E-state index in [4.69, 9.17) is 10.5 Å². The number of amides is 2. The van der Waals surface area contributed by atoms with Crippen molar-refractivity contribution in [3.8, 4) is 0 Å². The third-order valence-corrected chi connectivity index (χ3v) is 10.3. The SMILES string of the molecule is COC(=O)N[C@H](C(=O)Nc1cccc(C[C@@H](CO)N(C(C)C)S(=O)(=O)C2=CCC(C)(N)C=C2)c1)C(c1ccccc1)c1ccccc1. The number of hydrogen-bond acceptors (Lipinski definition) is 7. The smallest absolute Gasteiger partial charge is 0.407 e. The first-order valence-electron chi connectivity index (χ1n) is 15.5. The Morgan fingerprint density at radius 1 is 1.00 bits per heavy atom. The average molecular weight is 661 g/mol. The Morgan fingerprint density at radius 3 is 2.13 bits per heavy atom. The largest absolute Gasteiger partial charge is 0.453 e. The minimum atomic E-state index is -3.95. The number of methoxy groups -OCH3 is 1. The fourth-order valence-corrected chi connectivity index (χ4v) is 7.69. The van der Waals surface area contributed by atoms with Crippen LogP contribution in [0.25, 0.3) is 0 Å². The highest BCUT2D eigenvalue weighted by atomic mass is 32.2. The lowest BCUT2D eigenvalue weighted by Gasteiger charge is -2.34. The molecule has 0 saturated heterocycles. The van der Waals surface area contributed by atoms with E-state index < -0.39 is 58.2 Å². The maximum atomic E-state index is 14.0. The number of nitrogens with one attached hydrogen (secondary N) is 2. The van der Waals surface area contributed by atoms with Gasteiger partial charge in [-0.15, -0.1) is 0 Å². The minimum absolute atomic E-state index is 0.143. The average Bonchev–Trinajstić information content (AvgIpc) is 3.04. The molecule has 0 bridgehead atoms. The molecular formula is C36H44N4O6S. The molecule has 3 atom stereocenters. The molecule has 3 aromatic carbocycles. The fourth-order valence-electron chi connectivity index (χ4n) is 5.82. The zero-order valence-electron chi connectivity index (χ0n) is 27.2. The predicted octanol–water partition coefficient (Wildman–Crippen LogP) is 4.69. The molecule has 1 unspecified atom stereocenters. The molecular weight excluding hydrogens is 616 g/mol. The summed E-state index contributed by atoms with van der Waals surface area (Å²) in [5, 5.41) is 16.1. The van der Waals surface area contributed by atoms with Crippen LogP contribution in [-0.4, -0.2) is 67.2 Å². The van der Waals surface area contributed by atoms with Crippen LogP contribution in [0.1, 0.15) is 49.8 Å². The van der Waals surface area contributed by atoms with Gasteiger partial charge in [0.25, 0.3) is 0 Å². The second-order valence-electron chi connectivity index (χ2n) is 12.2. The zero-order chi connectivity index (χ0) is 34.2. The van der Waals surface area contributed by atoms with Gasteiger partial charge in [0.1, 0.15) is 6.04 Å². The Kier molecular flexibility index (Phi) is 11.8. The van der Waals surface area contributed by atoms with Crippen LogP contribution in [0.15, 0.2) is 108 Å². The topological polar surface area (TPSA) is 151 Å². The molecule has 0 saturated carbocycles. The van der Waals surface area contributed by atoms with E-state index in [1.54, 1.807) is 44.2 Å². The molecule has 0 spiro atoms. The molecule has 0 heterocycles. The van der Waals surface area contributed by atoms with Gasteiger partial charge < -0.3 is 26.2 Å². The van der Waals surface area contributed by atoms with Gasteiger partial charge >= 0.3 is 6.09 Å². The highest BCUT2D eigenvalue weighted by molar-refractivity contribution is 7.93. The predicted molar refractivity (Wildman–Crippen MR) is 184 cm³/mol. The van der Waals surface area contributed by atoms with Gasteiger partial charge in [0.2, 0.25) is 15.9 Å². The minimum Gasteiger partial charge on any atom is -0.453 e. The maximum Gasteiger partial charge on any atom is 0.407 e. The van der Waals surface area contributed by atoms with Crippen molar-refractivity contribution in [3.63, 3.8) is 0 Å². The van der Waals surface area contributed by atoms with Gasteiger partial charge in [-0.25, -0.2) is 13.2 Å². The normalized spacial score (nSPS) is 17.7. The van der Waals surface area contributed by atoms with Crippen LogP contribution in [0, 0.1) is 0 Å². The molecule has 47 heavy (non-hydrogen) atoms. The van der Waals surface area contributed by atoms with Crippen molar-refractivity contribution in [2.24, 2.45) is 5.73 Å². The van der Waals surface area contributed by atoms with E-state index in [2.05, 4.69) is 10.6 Å². The summed E-state index contributed by atoms with van der Waals surface area (Å²) in [6.45, 7) is 4.94. The Bertz CT molecular complexity index is 1650. The summed E-state index contributed by atoms with van der Waals surface area (Å²) in [5.41, 5.74) is 8.31. The molecule has 1 aliphatic rings. The lowest BCUT2D eigenvalue weighted by atomic mass is 9.84. The number of rotatable bonds is 13. The Morgan fingerprint density at radius 2 is 1.62 bits per heavy atom. The van der Waals surface area contributed by atoms with Gasteiger partial charge in [-0.3, -0.25) is 4.79 Å². The van der Waals surface area contributed by atoms with E-state index >= 15 is 0 Å². The van der Waals surface area contributed by atoms with Crippen molar-refractivity contribution >= 4 is 27.7 Å². The number of carbonyl (C=O) groups is 2. The number of nitrogens with two attached hydrogens (primary N) is 1. The number of alkyl carbamates (subject to hydrolysis) is 1. The number of sulfonamides is 1. The van der Waals surface area contributed by atoms with Crippen molar-refractivity contribution in [2.45, 2.75) is 63.2 Å². The first-order valence-corrected chi connectivity index (χ1v) is 17.0. The van der Waals surface area contributed by atoms with Gasteiger partial charge in [-0.1, -0.05) is 84.9 Å². The Hall–Kier alpha value is -4.29. The van der Waals surface area contributed by atoms with E-state index in [-0.39, 0.29) is 11.3 Å². The van der Waals surface area contributed by atoms with Crippen molar-refractivity contribution in [1.29, 1.82) is 0 Å². The maximum absolute atomic E-state index is 14.0. The second-order valence-corrected chi connectivity index (χ2v) is 14.1. The standard InChI is InChI=1S/C36H44N4O6S/c1-25(2)40(47(44,45)31-18-20-36(3,37)21-19-31)30(24-41)23-26-12-11-17-29(22-26)38-34(42)33(39-35(43)46-4)32(27-13-7-5-8-14-27)28-15-9-6-10-16-28/h5-20,22,25,30,32-33,41H,21,23-24,37H2,1-4H3,(H,38,42)(H,39,43)/t30-,33-,36?/m0/s1. The number of carbonyl (C=O) groups excluding carboxylic acids is 2. The van der Waals surface area contributed by atoms with Crippen molar-refractivity contribution < 1.29 is 27.9 Å². The number of allylic oxidation sites excluding steroid dienone is 1. The van der Waals surface area contributed by atoms with Gasteiger partial charge in [0, 0.05) is 23.2 Å². The summed E-state index contributed by atoms with van der Waals surface area (Å²) in [4.78, 5) is 26.6. The van der Waals surface area contributed by atoms with Gasteiger partial charge in [0.05, 0.1) is 24.7 Å². The summed E-state index contributed by atoms with van der Waals surface area (Å²) in [6, 6.07) is 23.6. The van der Waals surface area contributed by atoms with Crippen LogP contribution in [-0.2, 0) is 26.0 Å². The van der Waals surface area contributed by atoms with Crippen molar-refractivity contribution in [3.05, 3.63) is 125 Å². The van der Waals surface area contributed by atoms with Crippen LogP contribution < -0.4 is 16.4 Å². The van der Waals surface area contributed by atoms with Crippen LogP contribution in [0.3, 0.4) is 0 Å². The van der Waals surface area contributed by atoms with E-state index in [1.165, 1.54) is 17.5 Å².